The van der Waals surface area contributed by atoms with Crippen LogP contribution in [0.5, 0.6) is 0 Å². The number of piperazine rings is 1. The summed E-state index contributed by atoms with van der Waals surface area (Å²) in [7, 11) is 0. The molecule has 2 aliphatic heterocycles. The Morgan fingerprint density at radius 1 is 1.00 bits per heavy atom. The van der Waals surface area contributed by atoms with Gasteiger partial charge in [-0.3, -0.25) is 19.1 Å². The molecule has 2 aliphatic rings. The maximum Gasteiger partial charge on any atom is 0.270 e. The molecule has 0 N–H and O–H groups in total. The van der Waals surface area contributed by atoms with Crippen molar-refractivity contribution in [1.29, 1.82) is 5.26 Å². The summed E-state index contributed by atoms with van der Waals surface area (Å²) in [4.78, 5) is 33.4. The predicted molar refractivity (Wildman–Crippen MR) is 170 cm³/mol. The highest BCUT2D eigenvalue weighted by molar-refractivity contribution is 8.26. The number of thiocarbonyl (C=S) groups is 1. The molecule has 3 heterocycles. The first-order valence-corrected chi connectivity index (χ1v) is 15.7. The second kappa shape index (κ2) is 14.1. The van der Waals surface area contributed by atoms with Crippen LogP contribution in [-0.4, -0.2) is 52.4 Å². The average Bonchev–Trinajstić information content (AvgIpc) is 3.24. The fourth-order valence-electron chi connectivity index (χ4n) is 5.40. The summed E-state index contributed by atoms with van der Waals surface area (Å²) in [5.74, 6) is 0.324. The van der Waals surface area contributed by atoms with Crippen molar-refractivity contribution >= 4 is 51.8 Å². The minimum absolute atomic E-state index is 0.0936. The molecule has 7 nitrogen and oxygen atoms in total. The van der Waals surface area contributed by atoms with Crippen LogP contribution in [-0.2, 0) is 11.3 Å². The Morgan fingerprint density at radius 3 is 2.34 bits per heavy atom. The largest absolute Gasteiger partial charge is 0.366 e. The smallest absolute Gasteiger partial charge is 0.270 e. The lowest BCUT2D eigenvalue weighted by Crippen LogP contribution is -2.49. The lowest BCUT2D eigenvalue weighted by Gasteiger charge is -2.39. The minimum Gasteiger partial charge on any atom is -0.366 e. The molecule has 0 spiro atoms. The Kier molecular flexibility index (Phi) is 10.6. The first kappa shape index (κ1) is 30.8. The number of carbonyl (C=O) groups excluding carboxylic acids is 1. The van der Waals surface area contributed by atoms with E-state index in [4.69, 9.17) is 12.2 Å². The van der Waals surface area contributed by atoms with Gasteiger partial charge in [0.1, 0.15) is 27.6 Å². The van der Waals surface area contributed by atoms with Crippen molar-refractivity contribution in [3.63, 3.8) is 0 Å². The number of anilines is 2. The predicted octanol–water partition coefficient (Wildman–Crippen LogP) is 6.08. The van der Waals surface area contributed by atoms with E-state index in [-0.39, 0.29) is 22.8 Å². The van der Waals surface area contributed by atoms with Crippen molar-refractivity contribution in [2.24, 2.45) is 0 Å². The number of nitriles is 1. The fraction of sp³-hybridized carbons (Fsp3) is 0.484. The maximum absolute atomic E-state index is 14.5. The van der Waals surface area contributed by atoms with Gasteiger partial charge in [-0.1, -0.05) is 75.6 Å². The number of aromatic nitrogens is 1. The third kappa shape index (κ3) is 6.68. The van der Waals surface area contributed by atoms with E-state index >= 15 is 0 Å². The Bertz CT molecular complexity index is 1420. The van der Waals surface area contributed by atoms with Gasteiger partial charge < -0.3 is 9.80 Å². The molecule has 4 rings (SSSR count). The summed E-state index contributed by atoms with van der Waals surface area (Å²) >= 11 is 6.85. The van der Waals surface area contributed by atoms with E-state index in [9.17, 15) is 19.2 Å². The Balaban J connectivity index is 1.73. The number of pyridine rings is 1. The molecule has 0 radical (unpaired) electrons. The Morgan fingerprint density at radius 2 is 1.68 bits per heavy atom. The van der Waals surface area contributed by atoms with E-state index < -0.39 is 0 Å². The molecule has 0 aliphatic carbocycles. The molecule has 218 valence electrons. The van der Waals surface area contributed by atoms with E-state index in [1.165, 1.54) is 17.8 Å². The number of nitrogens with zero attached hydrogens (tertiary/aromatic N) is 5. The third-order valence-electron chi connectivity index (χ3n) is 7.74. The number of para-hydroxylation sites is 1. The second-order valence-electron chi connectivity index (χ2n) is 10.5. The molecular formula is C31H38FN5O2S2. The molecule has 0 saturated carbocycles. The van der Waals surface area contributed by atoms with Gasteiger partial charge in [0.15, 0.2) is 0 Å². The van der Waals surface area contributed by atoms with Gasteiger partial charge in [0.2, 0.25) is 0 Å². The minimum atomic E-state index is -0.314. The summed E-state index contributed by atoms with van der Waals surface area (Å²) in [5.41, 5.74) is 1.60. The Labute approximate surface area is 251 Å². The first-order chi connectivity index (χ1) is 19.8. The van der Waals surface area contributed by atoms with E-state index in [0.29, 0.717) is 71.1 Å². The van der Waals surface area contributed by atoms with Crippen LogP contribution in [0.4, 0.5) is 15.9 Å². The lowest BCUT2D eigenvalue weighted by molar-refractivity contribution is -0.122. The number of hydrogen-bond acceptors (Lipinski definition) is 7. The summed E-state index contributed by atoms with van der Waals surface area (Å²) in [6.07, 6.45) is 7.65. The van der Waals surface area contributed by atoms with Crippen LogP contribution in [0.25, 0.3) is 6.08 Å². The lowest BCUT2D eigenvalue weighted by atomic mass is 10.0. The van der Waals surface area contributed by atoms with Crippen molar-refractivity contribution in [3.05, 3.63) is 62.0 Å². The van der Waals surface area contributed by atoms with Gasteiger partial charge in [-0.2, -0.15) is 5.26 Å². The molecule has 2 fully saturated rings. The fourth-order valence-corrected chi connectivity index (χ4v) is 6.69. The monoisotopic (exact) mass is 595 g/mol. The molecule has 1 amide bonds. The van der Waals surface area contributed by atoms with Crippen molar-refractivity contribution in [1.82, 2.24) is 9.47 Å². The van der Waals surface area contributed by atoms with Crippen LogP contribution in [0.2, 0.25) is 0 Å². The first-order valence-electron chi connectivity index (χ1n) is 14.5. The number of halogens is 1. The third-order valence-corrected chi connectivity index (χ3v) is 9.12. The molecule has 0 bridgehead atoms. The summed E-state index contributed by atoms with van der Waals surface area (Å²) in [6.45, 7) is 9.30. The molecule has 0 atom stereocenters. The number of carbonyl (C=O) groups is 1. The number of unbranched alkanes of at least 4 members (excludes halogenated alkanes) is 4. The summed E-state index contributed by atoms with van der Waals surface area (Å²) in [5, 5.41) is 9.96. The van der Waals surface area contributed by atoms with Crippen molar-refractivity contribution in [2.45, 2.75) is 65.8 Å². The molecular weight excluding hydrogens is 558 g/mol. The molecule has 10 heteroatoms. The van der Waals surface area contributed by atoms with Crippen LogP contribution >= 0.6 is 24.0 Å². The van der Waals surface area contributed by atoms with Gasteiger partial charge >= 0.3 is 0 Å². The molecule has 0 unspecified atom stereocenters. The summed E-state index contributed by atoms with van der Waals surface area (Å²) in [6, 6.07) is 8.88. The quantitative estimate of drug-likeness (QED) is 0.177. The standard InChI is InChI=1S/C31H38FN5O2S2/c1-4-6-8-11-15-37-30(39)27(41-31(37)40)20-23-22(3)24(21-33)29(38)36(14-7-5-2)28(23)35-18-16-34(17-19-35)26-13-10-9-12-25(26)32/h9-10,12-13,20H,4-8,11,14-19H2,1-3H3/b27-20+. The summed E-state index contributed by atoms with van der Waals surface area (Å²) < 4.78 is 16.7. The van der Waals surface area contributed by atoms with E-state index in [1.807, 2.05) is 17.0 Å². The number of rotatable bonds is 11. The molecule has 2 aromatic rings. The van der Waals surface area contributed by atoms with E-state index in [1.54, 1.807) is 28.5 Å². The van der Waals surface area contributed by atoms with Crippen LogP contribution in [0, 0.1) is 24.1 Å². The van der Waals surface area contributed by atoms with Crippen molar-refractivity contribution in [2.75, 3.05) is 42.5 Å². The van der Waals surface area contributed by atoms with Crippen LogP contribution in [0.3, 0.4) is 0 Å². The highest BCUT2D eigenvalue weighted by atomic mass is 32.2. The maximum atomic E-state index is 14.5. The van der Waals surface area contributed by atoms with E-state index in [2.05, 4.69) is 24.8 Å². The van der Waals surface area contributed by atoms with Gasteiger partial charge in [0, 0.05) is 44.8 Å². The Hall–Kier alpha value is -3.16. The van der Waals surface area contributed by atoms with Gasteiger partial charge in [-0.15, -0.1) is 0 Å². The number of benzene rings is 1. The van der Waals surface area contributed by atoms with Gasteiger partial charge in [-0.25, -0.2) is 4.39 Å². The second-order valence-corrected chi connectivity index (χ2v) is 12.2. The van der Waals surface area contributed by atoms with Crippen molar-refractivity contribution < 1.29 is 9.18 Å². The molecule has 41 heavy (non-hydrogen) atoms. The highest BCUT2D eigenvalue weighted by Gasteiger charge is 2.33. The number of amides is 1. The zero-order valence-electron chi connectivity index (χ0n) is 24.1. The zero-order chi connectivity index (χ0) is 29.5. The highest BCUT2D eigenvalue weighted by Crippen LogP contribution is 2.36. The van der Waals surface area contributed by atoms with Crippen LogP contribution in [0.15, 0.2) is 34.0 Å². The zero-order valence-corrected chi connectivity index (χ0v) is 25.8. The number of hydrogen-bond donors (Lipinski definition) is 0. The average molecular weight is 596 g/mol. The van der Waals surface area contributed by atoms with Gasteiger partial charge in [0.05, 0.1) is 10.6 Å². The normalized spacial score (nSPS) is 16.7. The number of thioether (sulfide) groups is 1. The van der Waals surface area contributed by atoms with Crippen LogP contribution in [0.1, 0.15) is 69.1 Å². The van der Waals surface area contributed by atoms with Crippen LogP contribution < -0.4 is 15.4 Å². The SMILES string of the molecule is CCCCCCN1C(=O)/C(=C\c2c(C)c(C#N)c(=O)n(CCCC)c2N2CCN(c3ccccc3F)CC2)SC1=S. The molecule has 1 aromatic heterocycles. The topological polar surface area (TPSA) is 72.6 Å². The van der Waals surface area contributed by atoms with Crippen molar-refractivity contribution in [3.8, 4) is 6.07 Å². The van der Waals surface area contributed by atoms with E-state index in [0.717, 1.165) is 38.5 Å². The molecule has 1 aromatic carbocycles. The van der Waals surface area contributed by atoms with Gasteiger partial charge in [0.25, 0.3) is 11.5 Å². The molecule has 2 saturated heterocycles. The van der Waals surface area contributed by atoms with Gasteiger partial charge in [-0.05, 0) is 43.5 Å².